The van der Waals surface area contributed by atoms with Crippen LogP contribution in [0.4, 0.5) is 0 Å². The number of amides is 2. The van der Waals surface area contributed by atoms with Crippen LogP contribution in [0.15, 0.2) is 18.2 Å². The molecule has 0 fully saturated rings. The topological polar surface area (TPSA) is 84.2 Å². The molecule has 106 valence electrons. The van der Waals surface area contributed by atoms with Crippen molar-refractivity contribution >= 4 is 11.8 Å². The van der Waals surface area contributed by atoms with E-state index in [0.717, 1.165) is 11.1 Å². The van der Waals surface area contributed by atoms with Crippen molar-refractivity contribution in [3.63, 3.8) is 0 Å². The number of rotatable bonds is 4. The van der Waals surface area contributed by atoms with Crippen LogP contribution in [0.1, 0.15) is 27.9 Å². The normalized spacial score (nSPS) is 9.35. The van der Waals surface area contributed by atoms with Crippen molar-refractivity contribution in [1.82, 2.24) is 10.6 Å². The van der Waals surface area contributed by atoms with Crippen LogP contribution in [0.2, 0.25) is 0 Å². The second kappa shape index (κ2) is 7.97. The Balaban J connectivity index is 2.74. The van der Waals surface area contributed by atoms with Gasteiger partial charge in [-0.05, 0) is 24.6 Å². The van der Waals surface area contributed by atoms with Gasteiger partial charge in [0.15, 0.2) is 0 Å². The van der Waals surface area contributed by atoms with Gasteiger partial charge < -0.3 is 16.4 Å². The Hall–Kier alpha value is -2.32. The van der Waals surface area contributed by atoms with E-state index in [1.54, 1.807) is 13.1 Å². The van der Waals surface area contributed by atoms with Gasteiger partial charge >= 0.3 is 0 Å². The Kier molecular flexibility index (Phi) is 6.27. The average molecular weight is 273 g/mol. The lowest BCUT2D eigenvalue weighted by Gasteiger charge is -2.08. The van der Waals surface area contributed by atoms with E-state index in [-0.39, 0.29) is 24.8 Å². The summed E-state index contributed by atoms with van der Waals surface area (Å²) in [5.74, 6) is 5.33. The molecule has 0 atom stereocenters. The zero-order valence-electron chi connectivity index (χ0n) is 11.7. The van der Waals surface area contributed by atoms with Gasteiger partial charge in [-0.1, -0.05) is 17.9 Å². The molecule has 0 aliphatic rings. The zero-order valence-corrected chi connectivity index (χ0v) is 11.7. The first-order valence-electron chi connectivity index (χ1n) is 6.37. The minimum absolute atomic E-state index is 0.107. The molecule has 4 N–H and O–H groups in total. The lowest BCUT2D eigenvalue weighted by Crippen LogP contribution is -2.29. The van der Waals surface area contributed by atoms with Gasteiger partial charge in [-0.25, -0.2) is 0 Å². The van der Waals surface area contributed by atoms with E-state index in [2.05, 4.69) is 22.5 Å². The van der Waals surface area contributed by atoms with Crippen LogP contribution in [0.25, 0.3) is 0 Å². The molecule has 0 saturated heterocycles. The van der Waals surface area contributed by atoms with Crippen molar-refractivity contribution in [3.05, 3.63) is 34.9 Å². The fraction of sp³-hybridized carbons (Fsp3) is 0.333. The van der Waals surface area contributed by atoms with Gasteiger partial charge in [-0.2, -0.15) is 0 Å². The molecule has 0 saturated carbocycles. The van der Waals surface area contributed by atoms with E-state index in [4.69, 9.17) is 5.73 Å². The Bertz CT molecular complexity index is 556. The number of benzene rings is 1. The van der Waals surface area contributed by atoms with Gasteiger partial charge in [0.25, 0.3) is 5.91 Å². The molecule has 1 rings (SSSR count). The largest absolute Gasteiger partial charge is 0.359 e. The Morgan fingerprint density at radius 2 is 2.10 bits per heavy atom. The molecule has 5 heteroatoms. The quantitative estimate of drug-likeness (QED) is 0.684. The number of hydrogen-bond acceptors (Lipinski definition) is 3. The van der Waals surface area contributed by atoms with E-state index in [1.807, 2.05) is 19.1 Å². The number of nitrogens with two attached hydrogens (primary N) is 1. The predicted octanol–water partition coefficient (Wildman–Crippen LogP) is 0.171. The Labute approximate surface area is 118 Å². The molecule has 1 aromatic carbocycles. The van der Waals surface area contributed by atoms with Crippen LogP contribution in [0.5, 0.6) is 0 Å². The lowest BCUT2D eigenvalue weighted by molar-refractivity contribution is -0.120. The molecular weight excluding hydrogens is 254 g/mol. The molecule has 1 aromatic rings. The maximum Gasteiger partial charge on any atom is 0.251 e. The van der Waals surface area contributed by atoms with Gasteiger partial charge in [0, 0.05) is 31.1 Å². The second-order valence-electron chi connectivity index (χ2n) is 4.21. The highest BCUT2D eigenvalue weighted by Gasteiger charge is 2.09. The van der Waals surface area contributed by atoms with Crippen molar-refractivity contribution in [2.24, 2.45) is 5.73 Å². The molecule has 5 nitrogen and oxygen atoms in total. The Morgan fingerprint density at radius 1 is 1.35 bits per heavy atom. The van der Waals surface area contributed by atoms with Gasteiger partial charge in [-0.3, -0.25) is 9.59 Å². The van der Waals surface area contributed by atoms with Crippen molar-refractivity contribution in [3.8, 4) is 11.8 Å². The number of carbonyl (C=O) groups excluding carboxylic acids is 2. The second-order valence-corrected chi connectivity index (χ2v) is 4.21. The van der Waals surface area contributed by atoms with Crippen LogP contribution < -0.4 is 16.4 Å². The minimum Gasteiger partial charge on any atom is -0.359 e. The number of carbonyl (C=O) groups is 2. The Morgan fingerprint density at radius 3 is 2.75 bits per heavy atom. The van der Waals surface area contributed by atoms with Crippen LogP contribution in [-0.2, 0) is 4.79 Å². The molecule has 0 bridgehead atoms. The number of hydrogen-bond donors (Lipinski definition) is 3. The van der Waals surface area contributed by atoms with E-state index < -0.39 is 0 Å². The summed E-state index contributed by atoms with van der Waals surface area (Å²) in [6.45, 7) is 2.44. The third-order valence-electron chi connectivity index (χ3n) is 2.73. The SMILES string of the molecule is CNC(=O)CCNC(=O)c1cc(C#CCN)ccc1C. The third-order valence-corrected chi connectivity index (χ3v) is 2.73. The highest BCUT2D eigenvalue weighted by molar-refractivity contribution is 5.96. The number of aryl methyl sites for hydroxylation is 1. The third kappa shape index (κ3) is 4.75. The van der Waals surface area contributed by atoms with Crippen molar-refractivity contribution < 1.29 is 9.59 Å². The van der Waals surface area contributed by atoms with Gasteiger partial charge in [-0.15, -0.1) is 0 Å². The van der Waals surface area contributed by atoms with E-state index in [9.17, 15) is 9.59 Å². The lowest BCUT2D eigenvalue weighted by atomic mass is 10.0. The zero-order chi connectivity index (χ0) is 15.0. The molecule has 0 radical (unpaired) electrons. The first kappa shape index (κ1) is 15.7. The monoisotopic (exact) mass is 273 g/mol. The van der Waals surface area contributed by atoms with Gasteiger partial charge in [0.2, 0.25) is 5.91 Å². The summed E-state index contributed by atoms with van der Waals surface area (Å²) in [7, 11) is 1.56. The summed E-state index contributed by atoms with van der Waals surface area (Å²) in [6, 6.07) is 5.42. The molecule has 0 aliphatic heterocycles. The average Bonchev–Trinajstić information content (AvgIpc) is 2.45. The summed E-state index contributed by atoms with van der Waals surface area (Å²) in [6.07, 6.45) is 0.258. The van der Waals surface area contributed by atoms with Crippen molar-refractivity contribution in [2.75, 3.05) is 20.1 Å². The van der Waals surface area contributed by atoms with E-state index >= 15 is 0 Å². The van der Waals surface area contributed by atoms with E-state index in [0.29, 0.717) is 12.1 Å². The maximum atomic E-state index is 12.0. The molecular formula is C15H19N3O2. The highest BCUT2D eigenvalue weighted by atomic mass is 16.2. The predicted molar refractivity (Wildman–Crippen MR) is 78.1 cm³/mol. The molecule has 2 amide bonds. The molecule has 0 unspecified atom stereocenters. The fourth-order valence-electron chi connectivity index (χ4n) is 1.61. The minimum atomic E-state index is -0.206. The smallest absolute Gasteiger partial charge is 0.251 e. The first-order chi connectivity index (χ1) is 9.58. The fourth-order valence-corrected chi connectivity index (χ4v) is 1.61. The van der Waals surface area contributed by atoms with Crippen molar-refractivity contribution in [1.29, 1.82) is 0 Å². The van der Waals surface area contributed by atoms with Gasteiger partial charge in [0.05, 0.1) is 6.54 Å². The van der Waals surface area contributed by atoms with E-state index in [1.165, 1.54) is 0 Å². The summed E-state index contributed by atoms with van der Waals surface area (Å²) < 4.78 is 0. The molecule has 0 spiro atoms. The van der Waals surface area contributed by atoms with Crippen molar-refractivity contribution in [2.45, 2.75) is 13.3 Å². The standard InChI is InChI=1S/C15H19N3O2/c1-11-5-6-12(4-3-8-16)10-13(11)15(20)18-9-7-14(19)17-2/h5-6,10H,7-9,16H2,1-2H3,(H,17,19)(H,18,20). The molecule has 0 aromatic heterocycles. The van der Waals surface area contributed by atoms with Crippen LogP contribution in [0.3, 0.4) is 0 Å². The molecule has 20 heavy (non-hydrogen) atoms. The van der Waals surface area contributed by atoms with Gasteiger partial charge in [0.1, 0.15) is 0 Å². The first-order valence-corrected chi connectivity index (χ1v) is 6.37. The summed E-state index contributed by atoms with van der Waals surface area (Å²) >= 11 is 0. The van der Waals surface area contributed by atoms with Crippen LogP contribution in [-0.4, -0.2) is 32.0 Å². The highest BCUT2D eigenvalue weighted by Crippen LogP contribution is 2.10. The summed E-state index contributed by atoms with van der Waals surface area (Å²) in [5.41, 5.74) is 7.49. The maximum absolute atomic E-state index is 12.0. The number of nitrogens with one attached hydrogen (secondary N) is 2. The summed E-state index contributed by atoms with van der Waals surface area (Å²) in [5, 5.41) is 5.22. The summed E-state index contributed by atoms with van der Waals surface area (Å²) in [4.78, 5) is 23.1. The van der Waals surface area contributed by atoms with Crippen LogP contribution in [0, 0.1) is 18.8 Å². The molecule has 0 aliphatic carbocycles. The van der Waals surface area contributed by atoms with Crippen LogP contribution >= 0.6 is 0 Å². The molecule has 0 heterocycles.